The second-order valence-corrected chi connectivity index (χ2v) is 6.09. The number of H-pyrrole nitrogens is 1. The van der Waals surface area contributed by atoms with Crippen LogP contribution in [0.3, 0.4) is 0 Å². The largest absolute Gasteiger partial charge is 0.274 e. The fourth-order valence-electron chi connectivity index (χ4n) is 2.16. The van der Waals surface area contributed by atoms with Crippen molar-refractivity contribution < 1.29 is 9.59 Å². The zero-order valence-electron chi connectivity index (χ0n) is 11.7. The highest BCUT2D eigenvalue weighted by Crippen LogP contribution is 2.32. The van der Waals surface area contributed by atoms with E-state index in [1.54, 1.807) is 19.1 Å². The minimum Gasteiger partial charge on any atom is -0.274 e. The third kappa shape index (κ3) is 2.69. The molecule has 108 valence electrons. The van der Waals surface area contributed by atoms with E-state index < -0.39 is 5.25 Å². The van der Waals surface area contributed by atoms with Gasteiger partial charge in [-0.2, -0.15) is 0 Å². The number of hydrogen-bond acceptors (Lipinski definition) is 5. The normalized spacial score (nSPS) is 18.6. The minimum atomic E-state index is -0.464. The molecule has 1 saturated heterocycles. The van der Waals surface area contributed by atoms with Crippen molar-refractivity contribution >= 4 is 29.3 Å². The maximum absolute atomic E-state index is 12.4. The van der Waals surface area contributed by atoms with Crippen LogP contribution in [0.5, 0.6) is 0 Å². The lowest BCUT2D eigenvalue weighted by Crippen LogP contribution is -2.31. The SMILES string of the molecule is Cc1ccc(N2C(=O)CC(Sc3n[nH]c(C)n3)C2=O)cc1. The molecule has 6 nitrogen and oxygen atoms in total. The quantitative estimate of drug-likeness (QED) is 0.875. The average molecular weight is 302 g/mol. The number of imide groups is 1. The smallest absolute Gasteiger partial charge is 0.247 e. The number of hydrogen-bond donors (Lipinski definition) is 1. The predicted octanol–water partition coefficient (Wildman–Crippen LogP) is 1.85. The van der Waals surface area contributed by atoms with E-state index >= 15 is 0 Å². The van der Waals surface area contributed by atoms with Gasteiger partial charge in [0.15, 0.2) is 0 Å². The van der Waals surface area contributed by atoms with Crippen molar-refractivity contribution in [3.05, 3.63) is 35.7 Å². The zero-order chi connectivity index (χ0) is 15.0. The van der Waals surface area contributed by atoms with E-state index in [9.17, 15) is 9.59 Å². The number of nitrogens with one attached hydrogen (secondary N) is 1. The first-order chi connectivity index (χ1) is 10.0. The van der Waals surface area contributed by atoms with Crippen LogP contribution in [0.1, 0.15) is 17.8 Å². The molecule has 1 N–H and O–H groups in total. The zero-order valence-corrected chi connectivity index (χ0v) is 12.5. The number of amides is 2. The van der Waals surface area contributed by atoms with E-state index in [2.05, 4.69) is 15.2 Å². The summed E-state index contributed by atoms with van der Waals surface area (Å²) in [5, 5.41) is 6.75. The van der Waals surface area contributed by atoms with Crippen molar-refractivity contribution in [2.24, 2.45) is 0 Å². The first-order valence-corrected chi connectivity index (χ1v) is 7.41. The summed E-state index contributed by atoms with van der Waals surface area (Å²) in [5.41, 5.74) is 1.70. The molecule has 2 heterocycles. The molecular weight excluding hydrogens is 288 g/mol. The Bertz CT molecular complexity index is 695. The summed E-state index contributed by atoms with van der Waals surface area (Å²) in [6.45, 7) is 3.75. The van der Waals surface area contributed by atoms with Crippen LogP contribution >= 0.6 is 11.8 Å². The summed E-state index contributed by atoms with van der Waals surface area (Å²) in [6.07, 6.45) is 0.172. The molecule has 2 amide bonds. The molecule has 21 heavy (non-hydrogen) atoms. The van der Waals surface area contributed by atoms with Crippen molar-refractivity contribution in [2.75, 3.05) is 4.90 Å². The summed E-state index contributed by atoms with van der Waals surface area (Å²) in [6, 6.07) is 7.34. The number of aromatic nitrogens is 3. The van der Waals surface area contributed by atoms with E-state index in [0.717, 1.165) is 5.56 Å². The fourth-order valence-corrected chi connectivity index (χ4v) is 3.14. The van der Waals surface area contributed by atoms with Crippen molar-refractivity contribution in [3.63, 3.8) is 0 Å². The lowest BCUT2D eigenvalue weighted by atomic mass is 10.2. The summed E-state index contributed by atoms with van der Waals surface area (Å²) in [5.74, 6) is 0.287. The molecule has 0 aliphatic carbocycles. The number of carbonyl (C=O) groups excluding carboxylic acids is 2. The number of benzene rings is 1. The summed E-state index contributed by atoms with van der Waals surface area (Å²) >= 11 is 1.22. The minimum absolute atomic E-state index is 0.172. The van der Waals surface area contributed by atoms with Crippen LogP contribution in [0.4, 0.5) is 5.69 Å². The van der Waals surface area contributed by atoms with Gasteiger partial charge in [-0.3, -0.25) is 14.7 Å². The second-order valence-electron chi connectivity index (χ2n) is 4.92. The highest BCUT2D eigenvalue weighted by molar-refractivity contribution is 8.00. The topological polar surface area (TPSA) is 79.0 Å². The maximum atomic E-state index is 12.4. The van der Waals surface area contributed by atoms with Gasteiger partial charge in [0, 0.05) is 6.42 Å². The number of aromatic amines is 1. The molecule has 7 heteroatoms. The molecule has 1 aromatic heterocycles. The molecule has 1 fully saturated rings. The first-order valence-electron chi connectivity index (χ1n) is 6.54. The van der Waals surface area contributed by atoms with E-state index in [0.29, 0.717) is 16.7 Å². The molecule has 1 aromatic carbocycles. The van der Waals surface area contributed by atoms with Crippen LogP contribution in [-0.2, 0) is 9.59 Å². The van der Waals surface area contributed by atoms with Crippen LogP contribution in [0.15, 0.2) is 29.4 Å². The first kappa shape index (κ1) is 13.8. The molecule has 2 aromatic rings. The van der Waals surface area contributed by atoms with Gasteiger partial charge in [0.05, 0.1) is 5.69 Å². The van der Waals surface area contributed by atoms with Gasteiger partial charge in [-0.15, -0.1) is 5.10 Å². The Morgan fingerprint density at radius 3 is 2.57 bits per heavy atom. The van der Waals surface area contributed by atoms with Gasteiger partial charge >= 0.3 is 0 Å². The van der Waals surface area contributed by atoms with Gasteiger partial charge in [0.25, 0.3) is 0 Å². The van der Waals surface area contributed by atoms with Crippen LogP contribution in [0.25, 0.3) is 0 Å². The average Bonchev–Trinajstić information content (AvgIpc) is 2.96. The summed E-state index contributed by atoms with van der Waals surface area (Å²) < 4.78 is 0. The number of thioether (sulfide) groups is 1. The van der Waals surface area contributed by atoms with Gasteiger partial charge in [-0.1, -0.05) is 29.5 Å². The van der Waals surface area contributed by atoms with E-state index in [4.69, 9.17) is 0 Å². The van der Waals surface area contributed by atoms with Crippen molar-refractivity contribution in [1.82, 2.24) is 15.2 Å². The molecule has 0 spiro atoms. The predicted molar refractivity (Wildman–Crippen MR) is 79.1 cm³/mol. The fraction of sp³-hybridized carbons (Fsp3) is 0.286. The van der Waals surface area contributed by atoms with Gasteiger partial charge < -0.3 is 0 Å². The van der Waals surface area contributed by atoms with Crippen LogP contribution in [0.2, 0.25) is 0 Å². The molecule has 1 aliphatic heterocycles. The number of carbonyl (C=O) groups is 2. The van der Waals surface area contributed by atoms with Gasteiger partial charge in [0.2, 0.25) is 17.0 Å². The van der Waals surface area contributed by atoms with Gasteiger partial charge in [0.1, 0.15) is 11.1 Å². The van der Waals surface area contributed by atoms with E-state index in [1.165, 1.54) is 16.7 Å². The summed E-state index contributed by atoms with van der Waals surface area (Å²) in [4.78, 5) is 30.0. The number of rotatable bonds is 3. The van der Waals surface area contributed by atoms with E-state index in [1.807, 2.05) is 19.1 Å². The van der Waals surface area contributed by atoms with Crippen LogP contribution in [-0.4, -0.2) is 32.2 Å². The molecule has 0 saturated carbocycles. The Hall–Kier alpha value is -2.15. The third-order valence-electron chi connectivity index (χ3n) is 3.22. The molecule has 1 aliphatic rings. The van der Waals surface area contributed by atoms with Crippen molar-refractivity contribution in [2.45, 2.75) is 30.7 Å². The molecule has 3 rings (SSSR count). The Morgan fingerprint density at radius 2 is 1.95 bits per heavy atom. The Balaban J connectivity index is 1.80. The van der Waals surface area contributed by atoms with Gasteiger partial charge in [-0.25, -0.2) is 9.88 Å². The number of anilines is 1. The molecule has 1 unspecified atom stereocenters. The van der Waals surface area contributed by atoms with Crippen LogP contribution in [0, 0.1) is 13.8 Å². The second kappa shape index (κ2) is 5.33. The Morgan fingerprint density at radius 1 is 1.24 bits per heavy atom. The highest BCUT2D eigenvalue weighted by atomic mass is 32.2. The molecular formula is C14H14N4O2S. The van der Waals surface area contributed by atoms with E-state index in [-0.39, 0.29) is 18.2 Å². The monoisotopic (exact) mass is 302 g/mol. The Labute approximate surface area is 125 Å². The van der Waals surface area contributed by atoms with Gasteiger partial charge in [-0.05, 0) is 26.0 Å². The van der Waals surface area contributed by atoms with Crippen molar-refractivity contribution in [3.8, 4) is 0 Å². The lowest BCUT2D eigenvalue weighted by Gasteiger charge is -2.14. The maximum Gasteiger partial charge on any atom is 0.247 e. The van der Waals surface area contributed by atoms with Crippen LogP contribution < -0.4 is 4.90 Å². The number of aryl methyl sites for hydroxylation is 2. The molecule has 1 atom stereocenters. The molecule has 0 radical (unpaired) electrons. The third-order valence-corrected chi connectivity index (χ3v) is 4.27. The lowest BCUT2D eigenvalue weighted by molar-refractivity contribution is -0.121. The summed E-state index contributed by atoms with van der Waals surface area (Å²) in [7, 11) is 0. The highest BCUT2D eigenvalue weighted by Gasteiger charge is 2.40. The molecule has 0 bridgehead atoms. The Kier molecular flexibility index (Phi) is 3.50. The van der Waals surface area contributed by atoms with Crippen molar-refractivity contribution in [1.29, 1.82) is 0 Å². The number of nitrogens with zero attached hydrogens (tertiary/aromatic N) is 3. The standard InChI is InChI=1S/C14H14N4O2S/c1-8-3-5-10(6-4-8)18-12(19)7-11(13(18)20)21-14-15-9(2)16-17-14/h3-6,11H,7H2,1-2H3,(H,15,16,17).